The van der Waals surface area contributed by atoms with Gasteiger partial charge in [0.15, 0.2) is 5.96 Å². The maximum atomic E-state index is 12.0. The molecule has 152 valence electrons. The Hall–Kier alpha value is -1.51. The van der Waals surface area contributed by atoms with Crippen molar-refractivity contribution < 1.29 is 4.79 Å². The van der Waals surface area contributed by atoms with Crippen LogP contribution < -0.4 is 16.0 Å². The molecule has 5 nitrogen and oxygen atoms in total. The zero-order valence-electron chi connectivity index (χ0n) is 15.9. The first-order chi connectivity index (χ1) is 13.0. The monoisotopic (exact) mass is 534 g/mol. The Bertz CT molecular complexity index is 815. The lowest BCUT2D eigenvalue weighted by atomic mass is 10.1. The molecule has 0 heterocycles. The molecular weight excluding hydrogens is 510 g/mol. The van der Waals surface area contributed by atoms with Crippen LogP contribution in [0.15, 0.2) is 47.5 Å². The summed E-state index contributed by atoms with van der Waals surface area (Å²) < 4.78 is 0. The van der Waals surface area contributed by atoms with Crippen LogP contribution >= 0.6 is 47.2 Å². The predicted octanol–water partition coefficient (Wildman–Crippen LogP) is 4.62. The molecule has 8 heteroatoms. The summed E-state index contributed by atoms with van der Waals surface area (Å²) in [6.45, 7) is 6.22. The Kier molecular flexibility index (Phi) is 11.3. The quantitative estimate of drug-likeness (QED) is 0.276. The number of halogens is 3. The fraction of sp³-hybridized carbons (Fsp3) is 0.300. The average Bonchev–Trinajstić information content (AvgIpc) is 2.65. The zero-order valence-corrected chi connectivity index (χ0v) is 19.7. The van der Waals surface area contributed by atoms with E-state index >= 15 is 0 Å². The summed E-state index contributed by atoms with van der Waals surface area (Å²) in [5.41, 5.74) is 2.53. The van der Waals surface area contributed by atoms with Crippen LogP contribution in [-0.4, -0.2) is 25.0 Å². The van der Waals surface area contributed by atoms with Crippen LogP contribution in [-0.2, 0) is 13.1 Å². The first-order valence-corrected chi connectivity index (χ1v) is 9.62. The first kappa shape index (κ1) is 24.5. The third-order valence-electron chi connectivity index (χ3n) is 3.75. The van der Waals surface area contributed by atoms with Gasteiger partial charge in [0.2, 0.25) is 0 Å². The SMILES string of the molecule is CCNC(=O)c1cccc(CN=C(NCC)NCc2ccc(Cl)cc2Cl)c1.I. The van der Waals surface area contributed by atoms with Crippen LogP contribution in [0, 0.1) is 0 Å². The Morgan fingerprint density at radius 3 is 2.43 bits per heavy atom. The molecule has 1 amide bonds. The van der Waals surface area contributed by atoms with E-state index in [4.69, 9.17) is 23.2 Å². The van der Waals surface area contributed by atoms with E-state index in [-0.39, 0.29) is 29.9 Å². The molecule has 0 bridgehead atoms. The number of rotatable bonds is 7. The third kappa shape index (κ3) is 7.85. The fourth-order valence-corrected chi connectivity index (χ4v) is 2.90. The molecule has 0 unspecified atom stereocenters. The molecule has 0 aliphatic rings. The highest BCUT2D eigenvalue weighted by molar-refractivity contribution is 14.0. The van der Waals surface area contributed by atoms with Crippen molar-refractivity contribution in [1.29, 1.82) is 0 Å². The number of hydrogen-bond donors (Lipinski definition) is 3. The fourth-order valence-electron chi connectivity index (χ4n) is 2.43. The van der Waals surface area contributed by atoms with Gasteiger partial charge in [-0.25, -0.2) is 4.99 Å². The van der Waals surface area contributed by atoms with Crippen molar-refractivity contribution in [3.05, 3.63) is 69.2 Å². The number of carbonyl (C=O) groups is 1. The topological polar surface area (TPSA) is 65.5 Å². The number of nitrogens with zero attached hydrogens (tertiary/aromatic N) is 1. The van der Waals surface area contributed by atoms with E-state index in [0.717, 1.165) is 17.7 Å². The highest BCUT2D eigenvalue weighted by atomic mass is 127. The van der Waals surface area contributed by atoms with Gasteiger partial charge in [-0.05, 0) is 49.2 Å². The second-order valence-electron chi connectivity index (χ2n) is 5.84. The van der Waals surface area contributed by atoms with Gasteiger partial charge in [-0.2, -0.15) is 0 Å². The van der Waals surface area contributed by atoms with Gasteiger partial charge in [-0.15, -0.1) is 24.0 Å². The number of nitrogens with one attached hydrogen (secondary N) is 3. The highest BCUT2D eigenvalue weighted by Crippen LogP contribution is 2.20. The molecule has 0 saturated carbocycles. The second-order valence-corrected chi connectivity index (χ2v) is 6.69. The van der Waals surface area contributed by atoms with Crippen molar-refractivity contribution in [2.24, 2.45) is 4.99 Å². The molecule has 0 spiro atoms. The van der Waals surface area contributed by atoms with Gasteiger partial charge in [0.1, 0.15) is 0 Å². The Labute approximate surface area is 193 Å². The lowest BCUT2D eigenvalue weighted by molar-refractivity contribution is 0.0955. The standard InChI is InChI=1S/C20H24Cl2N4O.HI/c1-3-23-19(27)15-7-5-6-14(10-15)12-25-20(24-4-2)26-13-16-8-9-17(21)11-18(16)22;/h5-11H,3-4,12-13H2,1-2H3,(H,23,27)(H2,24,25,26);1H. The van der Waals surface area contributed by atoms with E-state index in [1.807, 2.05) is 38.1 Å². The van der Waals surface area contributed by atoms with Crippen LogP contribution in [0.3, 0.4) is 0 Å². The lowest BCUT2D eigenvalue weighted by Crippen LogP contribution is -2.36. The van der Waals surface area contributed by atoms with Crippen LogP contribution in [0.5, 0.6) is 0 Å². The van der Waals surface area contributed by atoms with Crippen molar-refractivity contribution >= 4 is 59.0 Å². The van der Waals surface area contributed by atoms with Crippen molar-refractivity contribution in [1.82, 2.24) is 16.0 Å². The van der Waals surface area contributed by atoms with Crippen LogP contribution in [0.4, 0.5) is 0 Å². The van der Waals surface area contributed by atoms with Crippen molar-refractivity contribution in [3.8, 4) is 0 Å². The molecule has 0 aliphatic carbocycles. The minimum absolute atomic E-state index is 0. The highest BCUT2D eigenvalue weighted by Gasteiger charge is 2.06. The first-order valence-electron chi connectivity index (χ1n) is 8.86. The largest absolute Gasteiger partial charge is 0.357 e. The lowest BCUT2D eigenvalue weighted by Gasteiger charge is -2.12. The van der Waals surface area contributed by atoms with Gasteiger partial charge in [0.05, 0.1) is 6.54 Å². The van der Waals surface area contributed by atoms with Crippen molar-refractivity contribution in [2.45, 2.75) is 26.9 Å². The number of hydrogen-bond acceptors (Lipinski definition) is 2. The molecule has 0 aromatic heterocycles. The summed E-state index contributed by atoms with van der Waals surface area (Å²) in [6.07, 6.45) is 0. The zero-order chi connectivity index (χ0) is 19.6. The molecular formula is C20H25Cl2IN4O. The van der Waals surface area contributed by atoms with Crippen molar-refractivity contribution in [2.75, 3.05) is 13.1 Å². The minimum atomic E-state index is -0.0780. The van der Waals surface area contributed by atoms with Crippen molar-refractivity contribution in [3.63, 3.8) is 0 Å². The van der Waals surface area contributed by atoms with E-state index in [9.17, 15) is 4.79 Å². The molecule has 2 rings (SSSR count). The smallest absolute Gasteiger partial charge is 0.251 e. The third-order valence-corrected chi connectivity index (χ3v) is 4.34. The van der Waals surface area contributed by atoms with Crippen LogP contribution in [0.2, 0.25) is 10.0 Å². The van der Waals surface area contributed by atoms with Gasteiger partial charge in [-0.1, -0.05) is 41.4 Å². The summed E-state index contributed by atoms with van der Waals surface area (Å²) in [5, 5.41) is 10.5. The summed E-state index contributed by atoms with van der Waals surface area (Å²) in [5.74, 6) is 0.595. The van der Waals surface area contributed by atoms with Gasteiger partial charge < -0.3 is 16.0 Å². The summed E-state index contributed by atoms with van der Waals surface area (Å²) in [7, 11) is 0. The Morgan fingerprint density at radius 1 is 1.00 bits per heavy atom. The Morgan fingerprint density at radius 2 is 1.75 bits per heavy atom. The average molecular weight is 535 g/mol. The molecule has 0 aliphatic heterocycles. The molecule has 2 aromatic rings. The normalized spacial score (nSPS) is 10.8. The van der Waals surface area contributed by atoms with Gasteiger partial charge in [0, 0.05) is 35.2 Å². The van der Waals surface area contributed by atoms with E-state index in [1.54, 1.807) is 18.2 Å². The number of benzene rings is 2. The number of amides is 1. The number of guanidine groups is 1. The van der Waals surface area contributed by atoms with Gasteiger partial charge in [0.25, 0.3) is 5.91 Å². The van der Waals surface area contributed by atoms with Crippen LogP contribution in [0.1, 0.15) is 35.3 Å². The maximum absolute atomic E-state index is 12.0. The summed E-state index contributed by atoms with van der Waals surface area (Å²) in [4.78, 5) is 16.5. The van der Waals surface area contributed by atoms with Crippen LogP contribution in [0.25, 0.3) is 0 Å². The maximum Gasteiger partial charge on any atom is 0.251 e. The molecule has 0 radical (unpaired) electrons. The van der Waals surface area contributed by atoms with Gasteiger partial charge in [-0.3, -0.25) is 4.79 Å². The van der Waals surface area contributed by atoms with Gasteiger partial charge >= 0.3 is 0 Å². The van der Waals surface area contributed by atoms with E-state index in [0.29, 0.717) is 41.2 Å². The van der Waals surface area contributed by atoms with E-state index in [1.165, 1.54) is 0 Å². The minimum Gasteiger partial charge on any atom is -0.357 e. The second kappa shape index (κ2) is 12.9. The molecule has 28 heavy (non-hydrogen) atoms. The summed E-state index contributed by atoms with van der Waals surface area (Å²) >= 11 is 12.1. The molecule has 0 atom stereocenters. The molecule has 0 saturated heterocycles. The Balaban J connectivity index is 0.00000392. The van der Waals surface area contributed by atoms with E-state index in [2.05, 4.69) is 20.9 Å². The molecule has 3 N–H and O–H groups in total. The summed E-state index contributed by atoms with van der Waals surface area (Å²) in [6, 6.07) is 12.9. The number of aliphatic imine (C=N–C) groups is 1. The molecule has 2 aromatic carbocycles. The predicted molar refractivity (Wildman–Crippen MR) is 128 cm³/mol. The van der Waals surface area contributed by atoms with E-state index < -0.39 is 0 Å². The number of carbonyl (C=O) groups excluding carboxylic acids is 1. The molecule has 0 fully saturated rings.